The molecule has 0 spiro atoms. The average molecular weight is 505 g/mol. The van der Waals surface area contributed by atoms with E-state index in [4.69, 9.17) is 9.47 Å². The SMILES string of the molecule is C=CCc1cc(CNC(=NC)NCC2(C)CCCS2)cc(OC)c1OC.I. The molecule has 1 aliphatic heterocycles. The molecule has 2 N–H and O–H groups in total. The Hall–Kier alpha value is -1.09. The molecule has 152 valence electrons. The number of hydrogen-bond acceptors (Lipinski definition) is 4. The monoisotopic (exact) mass is 505 g/mol. The van der Waals surface area contributed by atoms with Gasteiger partial charge >= 0.3 is 0 Å². The summed E-state index contributed by atoms with van der Waals surface area (Å²) in [7, 11) is 5.13. The minimum atomic E-state index is 0. The first kappa shape index (κ1) is 23.9. The summed E-state index contributed by atoms with van der Waals surface area (Å²) in [5.74, 6) is 3.58. The van der Waals surface area contributed by atoms with E-state index in [1.165, 1.54) is 18.6 Å². The molecule has 1 atom stereocenters. The van der Waals surface area contributed by atoms with Gasteiger partial charge in [0.1, 0.15) is 0 Å². The van der Waals surface area contributed by atoms with Crippen LogP contribution < -0.4 is 20.1 Å². The minimum Gasteiger partial charge on any atom is -0.493 e. The normalized spacial score (nSPS) is 19.2. The van der Waals surface area contributed by atoms with Gasteiger partial charge in [-0.15, -0.1) is 30.6 Å². The topological polar surface area (TPSA) is 54.9 Å². The lowest BCUT2D eigenvalue weighted by Crippen LogP contribution is -2.43. The Bertz CT molecular complexity index is 646. The summed E-state index contributed by atoms with van der Waals surface area (Å²) < 4.78 is 11.3. The summed E-state index contributed by atoms with van der Waals surface area (Å²) in [6, 6.07) is 4.12. The van der Waals surface area contributed by atoms with Crippen molar-refractivity contribution in [2.45, 2.75) is 37.5 Å². The van der Waals surface area contributed by atoms with Gasteiger partial charge in [0.15, 0.2) is 17.5 Å². The van der Waals surface area contributed by atoms with E-state index in [1.807, 2.05) is 23.9 Å². The molecule has 1 aliphatic rings. The van der Waals surface area contributed by atoms with E-state index in [0.29, 0.717) is 11.3 Å². The Labute approximate surface area is 184 Å². The number of nitrogens with one attached hydrogen (secondary N) is 2. The molecule has 1 fully saturated rings. The van der Waals surface area contributed by atoms with Gasteiger partial charge < -0.3 is 20.1 Å². The predicted octanol–water partition coefficient (Wildman–Crippen LogP) is 4.00. The van der Waals surface area contributed by atoms with Crippen molar-refractivity contribution in [2.75, 3.05) is 33.6 Å². The fourth-order valence-corrected chi connectivity index (χ4v) is 4.41. The van der Waals surface area contributed by atoms with E-state index in [1.54, 1.807) is 21.3 Å². The highest BCUT2D eigenvalue weighted by atomic mass is 127. The van der Waals surface area contributed by atoms with Gasteiger partial charge in [0, 0.05) is 30.4 Å². The summed E-state index contributed by atoms with van der Waals surface area (Å²) in [5.41, 5.74) is 2.18. The van der Waals surface area contributed by atoms with Crippen molar-refractivity contribution < 1.29 is 9.47 Å². The van der Waals surface area contributed by atoms with E-state index >= 15 is 0 Å². The van der Waals surface area contributed by atoms with Crippen LogP contribution in [0.15, 0.2) is 29.8 Å². The molecule has 0 radical (unpaired) electrons. The van der Waals surface area contributed by atoms with Crippen molar-refractivity contribution in [1.82, 2.24) is 10.6 Å². The van der Waals surface area contributed by atoms with Crippen molar-refractivity contribution in [3.05, 3.63) is 35.9 Å². The van der Waals surface area contributed by atoms with E-state index in [-0.39, 0.29) is 24.0 Å². The quantitative estimate of drug-likeness (QED) is 0.242. The molecule has 0 saturated carbocycles. The summed E-state index contributed by atoms with van der Waals surface area (Å²) >= 11 is 2.04. The zero-order valence-electron chi connectivity index (χ0n) is 16.8. The van der Waals surface area contributed by atoms with Crippen LogP contribution in [0.4, 0.5) is 0 Å². The van der Waals surface area contributed by atoms with E-state index in [0.717, 1.165) is 41.6 Å². The number of methoxy groups -OCH3 is 2. The van der Waals surface area contributed by atoms with Crippen LogP contribution in [0.25, 0.3) is 0 Å². The number of aliphatic imine (C=N–C) groups is 1. The van der Waals surface area contributed by atoms with Gasteiger partial charge in [0.25, 0.3) is 0 Å². The number of guanidine groups is 1. The number of hydrogen-bond donors (Lipinski definition) is 2. The molecule has 0 aromatic heterocycles. The van der Waals surface area contributed by atoms with Crippen molar-refractivity contribution in [2.24, 2.45) is 4.99 Å². The smallest absolute Gasteiger partial charge is 0.191 e. The zero-order chi connectivity index (χ0) is 19.0. The third kappa shape index (κ3) is 6.78. The standard InChI is InChI=1S/C20H31N3O2S.HI/c1-6-8-16-11-15(12-17(24-4)18(16)25-5)13-22-19(21-3)23-14-20(2)9-7-10-26-20;/h6,11-12H,1,7-10,13-14H2,2-5H3,(H2,21,22,23);1H. The second kappa shape index (κ2) is 11.7. The average Bonchev–Trinajstić information content (AvgIpc) is 3.08. The molecular weight excluding hydrogens is 473 g/mol. The fraction of sp³-hybridized carbons (Fsp3) is 0.550. The molecule has 0 aliphatic carbocycles. The van der Waals surface area contributed by atoms with Crippen LogP contribution in [-0.2, 0) is 13.0 Å². The molecule has 1 heterocycles. The first-order valence-corrected chi connectivity index (χ1v) is 9.97. The van der Waals surface area contributed by atoms with Crippen LogP contribution in [0.3, 0.4) is 0 Å². The summed E-state index contributed by atoms with van der Waals surface area (Å²) in [6.07, 6.45) is 5.15. The van der Waals surface area contributed by atoms with E-state index in [9.17, 15) is 0 Å². The number of rotatable bonds is 8. The lowest BCUT2D eigenvalue weighted by atomic mass is 10.1. The molecular formula is C20H32IN3O2S. The van der Waals surface area contributed by atoms with Gasteiger partial charge in [-0.25, -0.2) is 0 Å². The second-order valence-corrected chi connectivity index (χ2v) is 8.35. The van der Waals surface area contributed by atoms with Gasteiger partial charge in [-0.1, -0.05) is 6.08 Å². The van der Waals surface area contributed by atoms with E-state index < -0.39 is 0 Å². The third-order valence-corrected chi connectivity index (χ3v) is 6.13. The molecule has 5 nitrogen and oxygen atoms in total. The van der Waals surface area contributed by atoms with Crippen molar-refractivity contribution in [3.63, 3.8) is 0 Å². The van der Waals surface area contributed by atoms with Gasteiger partial charge in [0.2, 0.25) is 0 Å². The lowest BCUT2D eigenvalue weighted by Gasteiger charge is -2.24. The van der Waals surface area contributed by atoms with Crippen LogP contribution >= 0.6 is 35.7 Å². The van der Waals surface area contributed by atoms with Gasteiger partial charge in [-0.05, 0) is 49.6 Å². The summed E-state index contributed by atoms with van der Waals surface area (Å²) in [5, 5.41) is 6.85. The number of allylic oxidation sites excluding steroid dienone is 1. The molecule has 0 bridgehead atoms. The minimum absolute atomic E-state index is 0. The van der Waals surface area contributed by atoms with Crippen molar-refractivity contribution in [3.8, 4) is 11.5 Å². The molecule has 7 heteroatoms. The van der Waals surface area contributed by atoms with Gasteiger partial charge in [0.05, 0.1) is 14.2 Å². The maximum atomic E-state index is 5.50. The summed E-state index contributed by atoms with van der Waals surface area (Å²) in [4.78, 5) is 4.34. The first-order chi connectivity index (χ1) is 12.5. The maximum Gasteiger partial charge on any atom is 0.191 e. The zero-order valence-corrected chi connectivity index (χ0v) is 19.9. The van der Waals surface area contributed by atoms with Crippen LogP contribution in [-0.4, -0.2) is 44.3 Å². The number of halogens is 1. The Morgan fingerprint density at radius 3 is 2.67 bits per heavy atom. The molecule has 1 saturated heterocycles. The first-order valence-electron chi connectivity index (χ1n) is 8.98. The Morgan fingerprint density at radius 2 is 2.11 bits per heavy atom. The molecule has 1 unspecified atom stereocenters. The highest BCUT2D eigenvalue weighted by Gasteiger charge is 2.29. The molecule has 2 rings (SSSR count). The van der Waals surface area contributed by atoms with Crippen LogP contribution in [0.5, 0.6) is 11.5 Å². The summed E-state index contributed by atoms with van der Waals surface area (Å²) in [6.45, 7) is 7.73. The van der Waals surface area contributed by atoms with Crippen LogP contribution in [0.1, 0.15) is 30.9 Å². The fourth-order valence-electron chi connectivity index (χ4n) is 3.17. The number of ether oxygens (including phenoxy) is 2. The highest BCUT2D eigenvalue weighted by Crippen LogP contribution is 2.37. The Kier molecular flexibility index (Phi) is 10.4. The van der Waals surface area contributed by atoms with Gasteiger partial charge in [-0.2, -0.15) is 11.8 Å². The molecule has 0 amide bonds. The Balaban J connectivity index is 0.00000364. The number of thioether (sulfide) groups is 1. The highest BCUT2D eigenvalue weighted by molar-refractivity contribution is 14.0. The van der Waals surface area contributed by atoms with Crippen LogP contribution in [0.2, 0.25) is 0 Å². The van der Waals surface area contributed by atoms with Crippen LogP contribution in [0, 0.1) is 0 Å². The Morgan fingerprint density at radius 1 is 1.33 bits per heavy atom. The third-order valence-electron chi connectivity index (χ3n) is 4.59. The predicted molar refractivity (Wildman–Crippen MR) is 127 cm³/mol. The van der Waals surface area contributed by atoms with Crippen molar-refractivity contribution in [1.29, 1.82) is 0 Å². The molecule has 1 aromatic rings. The van der Waals surface area contributed by atoms with Gasteiger partial charge in [-0.3, -0.25) is 4.99 Å². The number of benzene rings is 1. The largest absolute Gasteiger partial charge is 0.493 e. The van der Waals surface area contributed by atoms with E-state index in [2.05, 4.69) is 35.2 Å². The molecule has 1 aromatic carbocycles. The maximum absolute atomic E-state index is 5.50. The second-order valence-electron chi connectivity index (χ2n) is 6.66. The van der Waals surface area contributed by atoms with Crippen molar-refractivity contribution >= 4 is 41.7 Å². The number of nitrogens with zero attached hydrogens (tertiary/aromatic N) is 1. The molecule has 27 heavy (non-hydrogen) atoms. The lowest BCUT2D eigenvalue weighted by molar-refractivity contribution is 0.352.